The first kappa shape index (κ1) is 22.5. The Kier molecular flexibility index (Phi) is 8.71. The molecule has 0 aromatic heterocycles. The van der Waals surface area contributed by atoms with Crippen molar-refractivity contribution in [1.29, 1.82) is 0 Å². The van der Waals surface area contributed by atoms with Crippen LogP contribution in [0.2, 0.25) is 0 Å². The van der Waals surface area contributed by atoms with Crippen LogP contribution in [0.4, 0.5) is 0 Å². The first-order chi connectivity index (χ1) is 13.9. The second-order valence-electron chi connectivity index (χ2n) is 7.32. The number of hydrogen-bond donors (Lipinski definition) is 1. The third-order valence-electron chi connectivity index (χ3n) is 4.79. The molecular formula is C24H32N2O3. The minimum Gasteiger partial charge on any atom is -0.484 e. The van der Waals surface area contributed by atoms with Gasteiger partial charge in [-0.05, 0) is 44.4 Å². The Bertz CT molecular complexity index is 785. The summed E-state index contributed by atoms with van der Waals surface area (Å²) in [5.74, 6) is 0.317. The molecule has 1 atom stereocenters. The molecule has 0 aliphatic rings. The van der Waals surface area contributed by atoms with Crippen LogP contribution in [0.15, 0.2) is 48.5 Å². The van der Waals surface area contributed by atoms with E-state index in [0.717, 1.165) is 23.1 Å². The molecule has 0 spiro atoms. The number of ether oxygens (including phenoxy) is 1. The van der Waals surface area contributed by atoms with Crippen molar-refractivity contribution in [2.45, 2.75) is 53.1 Å². The molecule has 1 N–H and O–H groups in total. The van der Waals surface area contributed by atoms with Gasteiger partial charge in [0.25, 0.3) is 5.91 Å². The highest BCUT2D eigenvalue weighted by molar-refractivity contribution is 5.88. The van der Waals surface area contributed by atoms with Gasteiger partial charge in [0, 0.05) is 13.1 Å². The Balaban J connectivity index is 2.16. The van der Waals surface area contributed by atoms with Gasteiger partial charge in [0.05, 0.1) is 0 Å². The standard InChI is InChI=1S/C24H32N2O3/c1-5-15-25-24(28)22(6-2)26(16-20-11-7-18(3)8-12-20)23(27)17-29-21-13-9-19(4)10-14-21/h7-14,22H,5-6,15-17H2,1-4H3,(H,25,28)/t22-/m1/s1. The van der Waals surface area contributed by atoms with Gasteiger partial charge in [-0.1, -0.05) is 61.4 Å². The highest BCUT2D eigenvalue weighted by atomic mass is 16.5. The van der Waals surface area contributed by atoms with Crippen molar-refractivity contribution in [3.8, 4) is 5.75 Å². The summed E-state index contributed by atoms with van der Waals surface area (Å²) in [4.78, 5) is 27.4. The zero-order valence-electron chi connectivity index (χ0n) is 17.9. The number of hydrogen-bond acceptors (Lipinski definition) is 3. The molecule has 29 heavy (non-hydrogen) atoms. The van der Waals surface area contributed by atoms with E-state index in [-0.39, 0.29) is 18.4 Å². The van der Waals surface area contributed by atoms with Gasteiger partial charge in [-0.25, -0.2) is 0 Å². The molecule has 0 radical (unpaired) electrons. The third-order valence-corrected chi connectivity index (χ3v) is 4.79. The topological polar surface area (TPSA) is 58.6 Å². The summed E-state index contributed by atoms with van der Waals surface area (Å²) in [5, 5.41) is 2.92. The fourth-order valence-electron chi connectivity index (χ4n) is 3.04. The van der Waals surface area contributed by atoms with E-state index < -0.39 is 6.04 Å². The molecule has 0 bridgehead atoms. The number of carbonyl (C=O) groups is 2. The van der Waals surface area contributed by atoms with Crippen molar-refractivity contribution < 1.29 is 14.3 Å². The lowest BCUT2D eigenvalue weighted by molar-refractivity contribution is -0.143. The highest BCUT2D eigenvalue weighted by Crippen LogP contribution is 2.15. The van der Waals surface area contributed by atoms with Gasteiger partial charge >= 0.3 is 0 Å². The summed E-state index contributed by atoms with van der Waals surface area (Å²) >= 11 is 0. The van der Waals surface area contributed by atoms with E-state index in [9.17, 15) is 9.59 Å². The SMILES string of the molecule is CCCNC(=O)[C@@H](CC)N(Cc1ccc(C)cc1)C(=O)COc1ccc(C)cc1. The lowest BCUT2D eigenvalue weighted by atomic mass is 10.1. The van der Waals surface area contributed by atoms with Gasteiger partial charge in [0.1, 0.15) is 11.8 Å². The minimum atomic E-state index is -0.531. The normalized spacial score (nSPS) is 11.6. The van der Waals surface area contributed by atoms with Gasteiger partial charge in [-0.15, -0.1) is 0 Å². The van der Waals surface area contributed by atoms with E-state index in [2.05, 4.69) is 5.32 Å². The van der Waals surface area contributed by atoms with E-state index in [1.54, 1.807) is 4.90 Å². The fraction of sp³-hybridized carbons (Fsp3) is 0.417. The van der Waals surface area contributed by atoms with Gasteiger partial charge < -0.3 is 15.0 Å². The minimum absolute atomic E-state index is 0.105. The van der Waals surface area contributed by atoms with Crippen LogP contribution in [0.3, 0.4) is 0 Å². The van der Waals surface area contributed by atoms with Crippen molar-refractivity contribution >= 4 is 11.8 Å². The molecule has 2 rings (SSSR count). The molecule has 0 saturated heterocycles. The van der Waals surface area contributed by atoms with Crippen molar-refractivity contribution in [2.24, 2.45) is 0 Å². The smallest absolute Gasteiger partial charge is 0.261 e. The molecule has 0 unspecified atom stereocenters. The van der Waals surface area contributed by atoms with Crippen LogP contribution in [0.5, 0.6) is 5.75 Å². The van der Waals surface area contributed by atoms with Crippen molar-refractivity contribution in [2.75, 3.05) is 13.2 Å². The zero-order chi connectivity index (χ0) is 21.2. The van der Waals surface area contributed by atoms with Crippen LogP contribution in [-0.4, -0.2) is 35.9 Å². The number of aryl methyl sites for hydroxylation is 2. The maximum absolute atomic E-state index is 13.1. The van der Waals surface area contributed by atoms with Crippen molar-refractivity contribution in [1.82, 2.24) is 10.2 Å². The molecule has 0 fully saturated rings. The molecule has 0 aliphatic heterocycles. The molecule has 5 heteroatoms. The second kappa shape index (κ2) is 11.2. The summed E-state index contributed by atoms with van der Waals surface area (Å²) in [6, 6.07) is 15.1. The van der Waals surface area contributed by atoms with E-state index in [4.69, 9.17) is 4.74 Å². The Morgan fingerprint density at radius 3 is 2.10 bits per heavy atom. The second-order valence-corrected chi connectivity index (χ2v) is 7.32. The lowest BCUT2D eigenvalue weighted by Gasteiger charge is -2.30. The van der Waals surface area contributed by atoms with E-state index in [1.165, 1.54) is 0 Å². The quantitative estimate of drug-likeness (QED) is 0.660. The Morgan fingerprint density at radius 2 is 1.55 bits per heavy atom. The number of nitrogens with zero attached hydrogens (tertiary/aromatic N) is 1. The molecule has 0 heterocycles. The van der Waals surface area contributed by atoms with Crippen LogP contribution in [-0.2, 0) is 16.1 Å². The molecule has 156 valence electrons. The molecule has 0 aliphatic carbocycles. The number of amides is 2. The monoisotopic (exact) mass is 396 g/mol. The summed E-state index contributed by atoms with van der Waals surface area (Å²) in [5.41, 5.74) is 3.27. The van der Waals surface area contributed by atoms with Crippen molar-refractivity contribution in [3.05, 3.63) is 65.2 Å². The molecule has 2 amide bonds. The van der Waals surface area contributed by atoms with Gasteiger partial charge in [0.15, 0.2) is 6.61 Å². The van der Waals surface area contributed by atoms with Crippen molar-refractivity contribution in [3.63, 3.8) is 0 Å². The first-order valence-corrected chi connectivity index (χ1v) is 10.3. The van der Waals surface area contributed by atoms with Crippen LogP contribution < -0.4 is 10.1 Å². The summed E-state index contributed by atoms with van der Waals surface area (Å²) in [6.07, 6.45) is 1.39. The number of carbonyl (C=O) groups excluding carboxylic acids is 2. The first-order valence-electron chi connectivity index (χ1n) is 10.3. The average Bonchev–Trinajstić information content (AvgIpc) is 2.72. The predicted molar refractivity (Wildman–Crippen MR) is 116 cm³/mol. The lowest BCUT2D eigenvalue weighted by Crippen LogP contribution is -2.50. The third kappa shape index (κ3) is 6.93. The summed E-state index contributed by atoms with van der Waals surface area (Å²) < 4.78 is 5.69. The van der Waals surface area contributed by atoms with Crippen LogP contribution >= 0.6 is 0 Å². The number of rotatable bonds is 10. The molecule has 5 nitrogen and oxygen atoms in total. The zero-order valence-corrected chi connectivity index (χ0v) is 17.9. The largest absolute Gasteiger partial charge is 0.484 e. The maximum atomic E-state index is 13.1. The molecular weight excluding hydrogens is 364 g/mol. The fourth-order valence-corrected chi connectivity index (χ4v) is 3.04. The average molecular weight is 397 g/mol. The summed E-state index contributed by atoms with van der Waals surface area (Å²) in [7, 11) is 0. The molecule has 0 saturated carbocycles. The van der Waals surface area contributed by atoms with Crippen LogP contribution in [0, 0.1) is 13.8 Å². The van der Waals surface area contributed by atoms with Gasteiger partial charge in [0.2, 0.25) is 5.91 Å². The Labute approximate surface area is 174 Å². The van der Waals surface area contributed by atoms with E-state index in [0.29, 0.717) is 25.3 Å². The molecule has 2 aromatic carbocycles. The van der Waals surface area contributed by atoms with Crippen LogP contribution in [0.1, 0.15) is 43.4 Å². The number of benzene rings is 2. The Hall–Kier alpha value is -2.82. The van der Waals surface area contributed by atoms with E-state index >= 15 is 0 Å². The maximum Gasteiger partial charge on any atom is 0.261 e. The Morgan fingerprint density at radius 1 is 0.966 bits per heavy atom. The van der Waals surface area contributed by atoms with Gasteiger partial charge in [-0.3, -0.25) is 9.59 Å². The predicted octanol–water partition coefficient (Wildman–Crippen LogP) is 4.02. The van der Waals surface area contributed by atoms with Gasteiger partial charge in [-0.2, -0.15) is 0 Å². The highest BCUT2D eigenvalue weighted by Gasteiger charge is 2.28. The molecule has 2 aromatic rings. The number of nitrogens with one attached hydrogen (secondary N) is 1. The van der Waals surface area contributed by atoms with E-state index in [1.807, 2.05) is 76.2 Å². The van der Waals surface area contributed by atoms with Crippen LogP contribution in [0.25, 0.3) is 0 Å². The summed E-state index contributed by atoms with van der Waals surface area (Å²) in [6.45, 7) is 8.81.